The third-order valence-electron chi connectivity index (χ3n) is 4.26. The van der Waals surface area contributed by atoms with Crippen LogP contribution in [0.1, 0.15) is 37.3 Å². The number of benzene rings is 1. The minimum absolute atomic E-state index is 0.0112. The zero-order valence-electron chi connectivity index (χ0n) is 14.7. The van der Waals surface area contributed by atoms with Gasteiger partial charge in [0, 0.05) is 13.0 Å². The van der Waals surface area contributed by atoms with Crippen LogP contribution in [0.5, 0.6) is 0 Å². The molecular formula is C16H19F6NO4S. The molecule has 1 aliphatic heterocycles. The Morgan fingerprint density at radius 2 is 1.68 bits per heavy atom. The molecule has 1 atom stereocenters. The Labute approximate surface area is 158 Å². The number of anilines is 1. The number of esters is 1. The maximum absolute atomic E-state index is 13.0. The maximum atomic E-state index is 13.0. The predicted molar refractivity (Wildman–Crippen MR) is 90.9 cm³/mol. The molecule has 1 aliphatic rings. The highest BCUT2D eigenvalue weighted by atomic mass is 32.3. The van der Waals surface area contributed by atoms with E-state index in [1.807, 2.05) is 0 Å². The summed E-state index contributed by atoms with van der Waals surface area (Å²) in [5, 5.41) is -0.874. The minimum atomic E-state index is -5.04. The van der Waals surface area contributed by atoms with Crippen molar-refractivity contribution >= 4 is 22.4 Å². The van der Waals surface area contributed by atoms with E-state index in [0.717, 1.165) is 4.31 Å². The largest absolute Gasteiger partial charge is 0.466 e. The average Bonchev–Trinajstić information content (AvgIpc) is 2.85. The molecule has 2 rings (SSSR count). The summed E-state index contributed by atoms with van der Waals surface area (Å²) >= 11 is 0. The number of carbonyl (C=O) groups is 1. The minimum Gasteiger partial charge on any atom is -0.466 e. The van der Waals surface area contributed by atoms with E-state index in [1.165, 1.54) is 0 Å². The fourth-order valence-corrected chi connectivity index (χ4v) is 4.92. The highest BCUT2D eigenvalue weighted by molar-refractivity contribution is 8.26. The highest BCUT2D eigenvalue weighted by Gasteiger charge is 2.42. The van der Waals surface area contributed by atoms with Gasteiger partial charge in [0.05, 0.1) is 28.7 Å². The summed E-state index contributed by atoms with van der Waals surface area (Å²) in [4.78, 5) is 11.4. The molecule has 1 unspecified atom stereocenters. The van der Waals surface area contributed by atoms with Gasteiger partial charge in [-0.3, -0.25) is 18.2 Å². The molecule has 28 heavy (non-hydrogen) atoms. The first kappa shape index (κ1) is 22.6. The molecule has 1 aromatic carbocycles. The Balaban J connectivity index is 2.32. The van der Waals surface area contributed by atoms with Gasteiger partial charge < -0.3 is 4.74 Å². The zero-order chi connectivity index (χ0) is 21.3. The monoisotopic (exact) mass is 435 g/mol. The maximum Gasteiger partial charge on any atom is 0.416 e. The second-order valence-corrected chi connectivity index (χ2v) is 8.41. The zero-order valence-corrected chi connectivity index (χ0v) is 15.5. The predicted octanol–water partition coefficient (Wildman–Crippen LogP) is 5.31. The van der Waals surface area contributed by atoms with E-state index < -0.39 is 51.2 Å². The van der Waals surface area contributed by atoms with Crippen LogP contribution in [0.15, 0.2) is 18.2 Å². The lowest BCUT2D eigenvalue weighted by molar-refractivity contribution is -0.144. The molecule has 1 fully saturated rings. The fourth-order valence-electron chi connectivity index (χ4n) is 2.91. The van der Waals surface area contributed by atoms with Gasteiger partial charge in [0.15, 0.2) is 0 Å². The summed E-state index contributed by atoms with van der Waals surface area (Å²) in [6.45, 7) is 1.57. The molecule has 0 radical (unpaired) electrons. The van der Waals surface area contributed by atoms with Crippen molar-refractivity contribution in [3.63, 3.8) is 0 Å². The topological polar surface area (TPSA) is 70.0 Å². The van der Waals surface area contributed by atoms with Crippen LogP contribution in [0.3, 0.4) is 0 Å². The van der Waals surface area contributed by atoms with Crippen molar-refractivity contribution in [2.24, 2.45) is 0 Å². The molecule has 0 aromatic heterocycles. The van der Waals surface area contributed by atoms with Crippen LogP contribution >= 0.6 is 10.8 Å². The average molecular weight is 435 g/mol. The van der Waals surface area contributed by atoms with E-state index in [4.69, 9.17) is 4.74 Å². The summed E-state index contributed by atoms with van der Waals surface area (Å²) in [6.07, 6.45) is -10.1. The van der Waals surface area contributed by atoms with Crippen molar-refractivity contribution in [2.45, 2.75) is 43.8 Å². The SMILES string of the molecule is CCOC(=O)CCC1CCN(c2cc(C(F)(F)F)cc(C(F)(F)F)c2)S1(O)O. The van der Waals surface area contributed by atoms with E-state index in [0.29, 0.717) is 12.1 Å². The van der Waals surface area contributed by atoms with Crippen LogP contribution in [0.4, 0.5) is 32.0 Å². The van der Waals surface area contributed by atoms with E-state index >= 15 is 0 Å². The summed E-state index contributed by atoms with van der Waals surface area (Å²) in [7, 11) is -3.73. The number of rotatable bonds is 5. The highest BCUT2D eigenvalue weighted by Crippen LogP contribution is 2.58. The van der Waals surface area contributed by atoms with Crippen molar-refractivity contribution in [1.82, 2.24) is 0 Å². The molecule has 0 bridgehead atoms. The first-order valence-corrected chi connectivity index (χ1v) is 9.83. The summed E-state index contributed by atoms with van der Waals surface area (Å²) in [5.41, 5.74) is -3.66. The van der Waals surface area contributed by atoms with Crippen molar-refractivity contribution < 1.29 is 45.0 Å². The van der Waals surface area contributed by atoms with Crippen LogP contribution < -0.4 is 4.31 Å². The third-order valence-corrected chi connectivity index (χ3v) is 6.67. The summed E-state index contributed by atoms with van der Waals surface area (Å²) < 4.78 is 104. The van der Waals surface area contributed by atoms with E-state index in [9.17, 15) is 40.2 Å². The quantitative estimate of drug-likeness (QED) is 0.485. The van der Waals surface area contributed by atoms with Gasteiger partial charge in [-0.05, 0) is 38.0 Å². The number of halogens is 6. The normalized spacial score (nSPS) is 20.9. The van der Waals surface area contributed by atoms with Gasteiger partial charge in [-0.15, -0.1) is 10.8 Å². The lowest BCUT2D eigenvalue weighted by Crippen LogP contribution is -2.26. The van der Waals surface area contributed by atoms with Crippen molar-refractivity contribution in [3.05, 3.63) is 29.3 Å². The standard InChI is InChI=1S/C16H19F6NO4S/c1-2-27-14(24)4-3-13-5-6-23(28(13,25)26)12-8-10(15(17,18)19)7-11(9-12)16(20,21)22/h7-9,13,25-26H,2-6H2,1H3. The molecule has 5 nitrogen and oxygen atoms in total. The second-order valence-electron chi connectivity index (χ2n) is 6.18. The second kappa shape index (κ2) is 7.99. The first-order chi connectivity index (χ1) is 12.8. The van der Waals surface area contributed by atoms with Gasteiger partial charge in [-0.1, -0.05) is 0 Å². The molecule has 1 saturated heterocycles. The molecule has 0 amide bonds. The molecule has 160 valence electrons. The molecule has 0 aliphatic carbocycles. The van der Waals surface area contributed by atoms with Gasteiger partial charge in [-0.2, -0.15) is 26.3 Å². The smallest absolute Gasteiger partial charge is 0.416 e. The Kier molecular flexibility index (Phi) is 6.46. The molecule has 1 heterocycles. The Hall–Kier alpha value is -1.66. The Bertz CT molecular complexity index is 690. The molecule has 0 spiro atoms. The lowest BCUT2D eigenvalue weighted by atomic mass is 10.1. The first-order valence-electron chi connectivity index (χ1n) is 8.26. The van der Waals surface area contributed by atoms with Crippen molar-refractivity contribution in [2.75, 3.05) is 17.5 Å². The molecule has 1 aromatic rings. The van der Waals surface area contributed by atoms with Crippen LogP contribution in [0, 0.1) is 0 Å². The number of nitrogens with zero attached hydrogens (tertiary/aromatic N) is 1. The van der Waals surface area contributed by atoms with E-state index in [1.54, 1.807) is 6.92 Å². The summed E-state index contributed by atoms with van der Waals surface area (Å²) in [6, 6.07) is 0.887. The third kappa shape index (κ3) is 5.03. The van der Waals surface area contributed by atoms with Gasteiger partial charge in [-0.25, -0.2) is 0 Å². The van der Waals surface area contributed by atoms with E-state index in [-0.39, 0.29) is 38.5 Å². The van der Waals surface area contributed by atoms with Crippen molar-refractivity contribution in [3.8, 4) is 0 Å². The van der Waals surface area contributed by atoms with E-state index in [2.05, 4.69) is 0 Å². The number of hydrogen-bond donors (Lipinski definition) is 2. The lowest BCUT2D eigenvalue weighted by Gasteiger charge is -2.42. The van der Waals surface area contributed by atoms with Gasteiger partial charge >= 0.3 is 18.3 Å². The van der Waals surface area contributed by atoms with Crippen LogP contribution in [0.25, 0.3) is 0 Å². The number of carbonyl (C=O) groups excluding carboxylic acids is 1. The van der Waals surface area contributed by atoms with Gasteiger partial charge in [0.2, 0.25) is 0 Å². The van der Waals surface area contributed by atoms with Crippen LogP contribution in [-0.4, -0.2) is 33.5 Å². The fraction of sp³-hybridized carbons (Fsp3) is 0.562. The van der Waals surface area contributed by atoms with Gasteiger partial charge in [0.25, 0.3) is 0 Å². The molecule has 2 N–H and O–H groups in total. The molecule has 0 saturated carbocycles. The Morgan fingerprint density at radius 1 is 1.14 bits per heavy atom. The summed E-state index contributed by atoms with van der Waals surface area (Å²) in [5.74, 6) is -0.574. The molecule has 12 heteroatoms. The van der Waals surface area contributed by atoms with Gasteiger partial charge in [0.1, 0.15) is 0 Å². The number of alkyl halides is 6. The Morgan fingerprint density at radius 3 is 2.14 bits per heavy atom. The van der Waals surface area contributed by atoms with Crippen LogP contribution in [-0.2, 0) is 21.9 Å². The molecular weight excluding hydrogens is 416 g/mol. The number of ether oxygens (including phenoxy) is 1. The van der Waals surface area contributed by atoms with Crippen LogP contribution in [0.2, 0.25) is 0 Å². The number of hydrogen-bond acceptors (Lipinski definition) is 5. The van der Waals surface area contributed by atoms with Crippen molar-refractivity contribution in [1.29, 1.82) is 0 Å².